The maximum atomic E-state index is 11.9. The van der Waals surface area contributed by atoms with Gasteiger partial charge in [-0.05, 0) is 17.7 Å². The average molecular weight is 292 g/mol. The van der Waals surface area contributed by atoms with Crippen molar-refractivity contribution in [2.75, 3.05) is 7.11 Å². The first-order chi connectivity index (χ1) is 9.99. The van der Waals surface area contributed by atoms with E-state index in [0.29, 0.717) is 5.75 Å². The number of hydrazine groups is 1. The normalized spacial score (nSPS) is 17.0. The molecule has 1 atom stereocenters. The molecule has 0 saturated carbocycles. The van der Waals surface area contributed by atoms with Gasteiger partial charge < -0.3 is 9.47 Å². The van der Waals surface area contributed by atoms with Crippen LogP contribution in [0.25, 0.3) is 0 Å². The lowest BCUT2D eigenvalue weighted by Gasteiger charge is -2.38. The van der Waals surface area contributed by atoms with Crippen molar-refractivity contribution in [1.82, 2.24) is 10.4 Å². The van der Waals surface area contributed by atoms with Crippen LogP contribution in [0.2, 0.25) is 0 Å². The summed E-state index contributed by atoms with van der Waals surface area (Å²) in [6.45, 7) is 1.25. The lowest BCUT2D eigenvalue weighted by molar-refractivity contribution is -0.191. The van der Waals surface area contributed by atoms with Gasteiger partial charge in [-0.15, -0.1) is 0 Å². The molecule has 1 aliphatic heterocycles. The van der Waals surface area contributed by atoms with Gasteiger partial charge in [0.15, 0.2) is 0 Å². The van der Waals surface area contributed by atoms with Crippen molar-refractivity contribution in [1.29, 1.82) is 0 Å². The number of carbonyl (C=O) groups excluding carboxylic acids is 3. The van der Waals surface area contributed by atoms with Crippen molar-refractivity contribution < 1.29 is 23.9 Å². The highest BCUT2D eigenvalue weighted by molar-refractivity contribution is 5.87. The Kier molecular flexibility index (Phi) is 4.42. The van der Waals surface area contributed by atoms with Gasteiger partial charge in [-0.3, -0.25) is 19.8 Å². The topological polar surface area (TPSA) is 84.9 Å². The summed E-state index contributed by atoms with van der Waals surface area (Å²) in [5.41, 5.74) is 3.19. The Morgan fingerprint density at radius 3 is 2.81 bits per heavy atom. The minimum atomic E-state index is -0.718. The number of nitrogens with one attached hydrogen (secondary N) is 1. The summed E-state index contributed by atoms with van der Waals surface area (Å²) in [4.78, 5) is 34.2. The summed E-state index contributed by atoms with van der Waals surface area (Å²) in [5.74, 6) is -0.508. The first-order valence-corrected chi connectivity index (χ1v) is 6.41. The Morgan fingerprint density at radius 1 is 1.43 bits per heavy atom. The highest BCUT2D eigenvalue weighted by atomic mass is 16.6. The van der Waals surface area contributed by atoms with Gasteiger partial charge in [-0.1, -0.05) is 12.1 Å². The smallest absolute Gasteiger partial charge is 0.304 e. The molecule has 1 heterocycles. The largest absolute Gasteiger partial charge is 0.497 e. The van der Waals surface area contributed by atoms with Crippen LogP contribution < -0.4 is 10.2 Å². The monoisotopic (exact) mass is 292 g/mol. The second kappa shape index (κ2) is 6.25. The summed E-state index contributed by atoms with van der Waals surface area (Å²) < 4.78 is 9.96. The molecule has 1 fully saturated rings. The van der Waals surface area contributed by atoms with Gasteiger partial charge in [0.1, 0.15) is 5.75 Å². The van der Waals surface area contributed by atoms with Crippen LogP contribution in [0.4, 0.5) is 0 Å². The van der Waals surface area contributed by atoms with Gasteiger partial charge in [0.2, 0.25) is 18.0 Å². The number of ether oxygens (including phenoxy) is 2. The van der Waals surface area contributed by atoms with E-state index in [1.54, 1.807) is 31.4 Å². The number of benzene rings is 1. The van der Waals surface area contributed by atoms with Crippen molar-refractivity contribution in [3.05, 3.63) is 29.8 Å². The van der Waals surface area contributed by atoms with Gasteiger partial charge in [0, 0.05) is 6.92 Å². The highest BCUT2D eigenvalue weighted by Crippen LogP contribution is 2.18. The van der Waals surface area contributed by atoms with Gasteiger partial charge in [0.05, 0.1) is 20.0 Å². The van der Waals surface area contributed by atoms with Crippen molar-refractivity contribution in [3.63, 3.8) is 0 Å². The van der Waals surface area contributed by atoms with Gasteiger partial charge in [-0.2, -0.15) is 0 Å². The van der Waals surface area contributed by atoms with E-state index in [2.05, 4.69) is 5.43 Å². The third kappa shape index (κ3) is 3.71. The van der Waals surface area contributed by atoms with E-state index in [0.717, 1.165) is 10.6 Å². The fourth-order valence-electron chi connectivity index (χ4n) is 1.95. The molecular formula is C14H16N2O5. The number of carbonyl (C=O) groups is 3. The zero-order chi connectivity index (χ0) is 15.4. The number of hydrogen-bond acceptors (Lipinski definition) is 5. The van der Waals surface area contributed by atoms with Crippen LogP contribution in [0, 0.1) is 0 Å². The maximum absolute atomic E-state index is 11.9. The predicted molar refractivity (Wildman–Crippen MR) is 71.9 cm³/mol. The molecule has 112 valence electrons. The summed E-state index contributed by atoms with van der Waals surface area (Å²) in [7, 11) is 1.54. The summed E-state index contributed by atoms with van der Waals surface area (Å²) in [6, 6.07) is 7.07. The number of nitrogens with zero attached hydrogens (tertiary/aromatic N) is 1. The van der Waals surface area contributed by atoms with E-state index in [1.807, 2.05) is 0 Å². The number of β-lactam (4-membered cyclic amide) rings is 1. The molecule has 0 aromatic heterocycles. The van der Waals surface area contributed by atoms with Gasteiger partial charge >= 0.3 is 5.97 Å². The molecule has 0 radical (unpaired) electrons. The van der Waals surface area contributed by atoms with Crippen LogP contribution in [-0.2, 0) is 25.5 Å². The van der Waals surface area contributed by atoms with E-state index >= 15 is 0 Å². The standard InChI is InChI=1S/C14H16N2O5/c1-9(17)21-14-8-13(19)16(14)15-12(18)7-10-4-3-5-11(6-10)20-2/h3-6,14H,7-8H2,1-2H3,(H,15,18). The number of hydrogen-bond donors (Lipinski definition) is 1. The molecule has 0 spiro atoms. The molecule has 21 heavy (non-hydrogen) atoms. The van der Waals surface area contributed by atoms with Crippen LogP contribution in [-0.4, -0.2) is 36.1 Å². The molecule has 7 nitrogen and oxygen atoms in total. The molecule has 0 bridgehead atoms. The molecule has 2 amide bonds. The van der Waals surface area contributed by atoms with Crippen LogP contribution in [0.3, 0.4) is 0 Å². The molecule has 1 aliphatic rings. The van der Waals surface area contributed by atoms with Crippen molar-refractivity contribution >= 4 is 17.8 Å². The van der Waals surface area contributed by atoms with E-state index < -0.39 is 12.2 Å². The molecule has 7 heteroatoms. The third-order valence-corrected chi connectivity index (χ3v) is 2.95. The van der Waals surface area contributed by atoms with Crippen LogP contribution in [0.5, 0.6) is 5.75 Å². The number of rotatable bonds is 5. The van der Waals surface area contributed by atoms with E-state index in [1.165, 1.54) is 6.92 Å². The fourth-order valence-corrected chi connectivity index (χ4v) is 1.95. The Labute approximate surface area is 121 Å². The molecule has 1 unspecified atom stereocenters. The van der Waals surface area contributed by atoms with Crippen LogP contribution in [0.15, 0.2) is 24.3 Å². The zero-order valence-corrected chi connectivity index (χ0v) is 11.8. The lowest BCUT2D eigenvalue weighted by Crippen LogP contribution is -2.62. The van der Waals surface area contributed by atoms with Gasteiger partial charge in [-0.25, -0.2) is 5.01 Å². The SMILES string of the molecule is COc1cccc(CC(=O)NN2C(=O)CC2OC(C)=O)c1. The first-order valence-electron chi connectivity index (χ1n) is 6.41. The Bertz CT molecular complexity index is 572. The zero-order valence-electron chi connectivity index (χ0n) is 11.8. The summed E-state index contributed by atoms with van der Waals surface area (Å²) in [5, 5.41) is 1.03. The van der Waals surface area contributed by atoms with Gasteiger partial charge in [0.25, 0.3) is 0 Å². The van der Waals surface area contributed by atoms with Crippen molar-refractivity contribution in [2.45, 2.75) is 26.0 Å². The molecule has 1 N–H and O–H groups in total. The first kappa shape index (κ1) is 14.8. The number of methoxy groups -OCH3 is 1. The number of esters is 1. The molecule has 1 aromatic rings. The lowest BCUT2D eigenvalue weighted by atomic mass is 10.1. The molecule has 2 rings (SSSR count). The van der Waals surface area contributed by atoms with Crippen molar-refractivity contribution in [3.8, 4) is 5.75 Å². The minimum Gasteiger partial charge on any atom is -0.497 e. The number of amides is 2. The molecular weight excluding hydrogens is 276 g/mol. The van der Waals surface area contributed by atoms with E-state index in [-0.39, 0.29) is 24.7 Å². The summed E-state index contributed by atoms with van der Waals surface area (Å²) in [6.07, 6.45) is -0.545. The average Bonchev–Trinajstić information content (AvgIpc) is 2.44. The predicted octanol–water partition coefficient (Wildman–Crippen LogP) is 0.390. The quantitative estimate of drug-likeness (QED) is 0.627. The third-order valence-electron chi connectivity index (χ3n) is 2.95. The summed E-state index contributed by atoms with van der Waals surface area (Å²) >= 11 is 0. The van der Waals surface area contributed by atoms with E-state index in [4.69, 9.17) is 9.47 Å². The van der Waals surface area contributed by atoms with Crippen molar-refractivity contribution in [2.24, 2.45) is 0 Å². The second-order valence-corrected chi connectivity index (χ2v) is 4.60. The Hall–Kier alpha value is -2.57. The van der Waals surface area contributed by atoms with E-state index in [9.17, 15) is 14.4 Å². The molecule has 0 aliphatic carbocycles. The molecule has 1 saturated heterocycles. The Morgan fingerprint density at radius 2 is 2.19 bits per heavy atom. The Balaban J connectivity index is 1.91. The minimum absolute atomic E-state index is 0.0824. The maximum Gasteiger partial charge on any atom is 0.304 e. The van der Waals surface area contributed by atoms with Crippen LogP contribution >= 0.6 is 0 Å². The fraction of sp³-hybridized carbons (Fsp3) is 0.357. The molecule has 1 aromatic carbocycles. The second-order valence-electron chi connectivity index (χ2n) is 4.60. The highest BCUT2D eigenvalue weighted by Gasteiger charge is 2.40. The van der Waals surface area contributed by atoms with Crippen LogP contribution in [0.1, 0.15) is 18.9 Å².